The van der Waals surface area contributed by atoms with Crippen molar-refractivity contribution >= 4 is 35.0 Å². The van der Waals surface area contributed by atoms with E-state index in [1.54, 1.807) is 12.1 Å². The summed E-state index contributed by atoms with van der Waals surface area (Å²) in [6.07, 6.45) is 1.49. The van der Waals surface area contributed by atoms with Crippen molar-refractivity contribution in [2.45, 2.75) is 6.54 Å². The van der Waals surface area contributed by atoms with E-state index >= 15 is 0 Å². The van der Waals surface area contributed by atoms with Crippen LogP contribution < -0.4 is 9.47 Å². The zero-order chi connectivity index (χ0) is 24.2. The van der Waals surface area contributed by atoms with Crippen LogP contribution in [-0.2, 0) is 11.3 Å². The first-order valence-corrected chi connectivity index (χ1v) is 10.8. The third-order valence-corrected chi connectivity index (χ3v) is 5.82. The Morgan fingerprint density at radius 1 is 1.00 bits per heavy atom. The molecule has 0 N–H and O–H groups in total. The van der Waals surface area contributed by atoms with Gasteiger partial charge in [-0.2, -0.15) is 0 Å². The largest absolute Gasteiger partial charge is 0.493 e. The van der Waals surface area contributed by atoms with Gasteiger partial charge in [-0.25, -0.2) is 13.6 Å². The molecule has 0 saturated carbocycles. The number of hydrogen-bond acceptors (Lipinski definition) is 6. The molecule has 0 atom stereocenters. The van der Waals surface area contributed by atoms with Crippen LogP contribution in [0.1, 0.15) is 21.5 Å². The summed E-state index contributed by atoms with van der Waals surface area (Å²) in [7, 11) is 1.38. The number of imide groups is 1. The summed E-state index contributed by atoms with van der Waals surface area (Å²) in [5.74, 6) is -2.08. The Balaban J connectivity index is 1.53. The first kappa shape index (κ1) is 23.2. The lowest BCUT2D eigenvalue weighted by Gasteiger charge is -2.13. The smallest absolute Gasteiger partial charge is 0.343 e. The van der Waals surface area contributed by atoms with Crippen molar-refractivity contribution in [1.29, 1.82) is 0 Å². The van der Waals surface area contributed by atoms with Gasteiger partial charge >= 0.3 is 5.97 Å². The van der Waals surface area contributed by atoms with Gasteiger partial charge in [-0.15, -0.1) is 0 Å². The minimum Gasteiger partial charge on any atom is -0.493 e. The molecule has 0 aliphatic carbocycles. The van der Waals surface area contributed by atoms with Crippen LogP contribution in [0.3, 0.4) is 0 Å². The second-order valence-electron chi connectivity index (χ2n) is 7.17. The summed E-state index contributed by atoms with van der Waals surface area (Å²) < 4.78 is 37.9. The number of ether oxygens (including phenoxy) is 2. The van der Waals surface area contributed by atoms with Gasteiger partial charge in [0, 0.05) is 5.56 Å². The zero-order valence-corrected chi connectivity index (χ0v) is 18.6. The second-order valence-corrected chi connectivity index (χ2v) is 8.16. The van der Waals surface area contributed by atoms with Crippen molar-refractivity contribution in [3.8, 4) is 11.5 Å². The monoisotopic (exact) mass is 481 g/mol. The topological polar surface area (TPSA) is 72.9 Å². The lowest BCUT2D eigenvalue weighted by Crippen LogP contribution is -2.27. The number of amides is 2. The Bertz CT molecular complexity index is 1320. The predicted molar refractivity (Wildman–Crippen MR) is 122 cm³/mol. The van der Waals surface area contributed by atoms with Crippen LogP contribution in [0.15, 0.2) is 71.6 Å². The minimum absolute atomic E-state index is 0.0367. The van der Waals surface area contributed by atoms with Gasteiger partial charge in [0.15, 0.2) is 11.5 Å². The molecule has 0 spiro atoms. The van der Waals surface area contributed by atoms with E-state index in [4.69, 9.17) is 9.47 Å². The number of thioether (sulfide) groups is 1. The standard InChI is InChI=1S/C25H17F2NO5S/c1-32-21-11-15(9-10-20(21)33-24(30)16-6-4-7-18(26)13-16)12-22-23(29)28(25(31)34-22)14-17-5-2-3-8-19(17)27/h2-13H,14H2,1H3/b22-12-. The summed E-state index contributed by atoms with van der Waals surface area (Å²) in [5.41, 5.74) is 0.783. The molecule has 1 aliphatic rings. The van der Waals surface area contributed by atoms with Crippen LogP contribution in [0.2, 0.25) is 0 Å². The van der Waals surface area contributed by atoms with Crippen molar-refractivity contribution in [2.75, 3.05) is 7.11 Å². The van der Waals surface area contributed by atoms with Gasteiger partial charge in [-0.05, 0) is 59.8 Å². The average Bonchev–Trinajstić information content (AvgIpc) is 3.08. The van der Waals surface area contributed by atoms with Crippen molar-refractivity contribution < 1.29 is 32.6 Å². The Morgan fingerprint density at radius 2 is 1.79 bits per heavy atom. The Morgan fingerprint density at radius 3 is 2.53 bits per heavy atom. The maximum atomic E-state index is 13.9. The lowest BCUT2D eigenvalue weighted by molar-refractivity contribution is -0.123. The maximum Gasteiger partial charge on any atom is 0.343 e. The first-order chi connectivity index (χ1) is 16.4. The van der Waals surface area contributed by atoms with Crippen LogP contribution in [0.25, 0.3) is 6.08 Å². The highest BCUT2D eigenvalue weighted by molar-refractivity contribution is 8.18. The zero-order valence-electron chi connectivity index (χ0n) is 17.8. The number of carbonyl (C=O) groups is 3. The van der Waals surface area contributed by atoms with E-state index in [1.165, 1.54) is 61.7 Å². The molecule has 3 aromatic rings. The van der Waals surface area contributed by atoms with Crippen LogP contribution >= 0.6 is 11.8 Å². The quantitative estimate of drug-likeness (QED) is 0.266. The molecule has 1 fully saturated rings. The van der Waals surface area contributed by atoms with Gasteiger partial charge in [0.05, 0.1) is 24.1 Å². The second kappa shape index (κ2) is 9.88. The third-order valence-electron chi connectivity index (χ3n) is 4.91. The Hall–Kier alpha value is -3.98. The maximum absolute atomic E-state index is 13.9. The van der Waals surface area contributed by atoms with E-state index in [9.17, 15) is 23.2 Å². The summed E-state index contributed by atoms with van der Waals surface area (Å²) >= 11 is 0.743. The fourth-order valence-electron chi connectivity index (χ4n) is 3.22. The molecule has 6 nitrogen and oxygen atoms in total. The number of methoxy groups -OCH3 is 1. The summed E-state index contributed by atoms with van der Waals surface area (Å²) in [6, 6.07) is 15.6. The molecule has 0 unspecified atom stereocenters. The third kappa shape index (κ3) is 4.99. The van der Waals surface area contributed by atoms with E-state index in [2.05, 4.69) is 0 Å². The number of halogens is 2. The van der Waals surface area contributed by atoms with Crippen LogP contribution in [0, 0.1) is 11.6 Å². The highest BCUT2D eigenvalue weighted by Crippen LogP contribution is 2.35. The molecule has 1 aliphatic heterocycles. The SMILES string of the molecule is COc1cc(/C=C2\SC(=O)N(Cc3ccccc3F)C2=O)ccc1OC(=O)c1cccc(F)c1. The lowest BCUT2D eigenvalue weighted by atomic mass is 10.1. The highest BCUT2D eigenvalue weighted by atomic mass is 32.2. The summed E-state index contributed by atoms with van der Waals surface area (Å²) in [4.78, 5) is 38.6. The van der Waals surface area contributed by atoms with Gasteiger partial charge in [-0.1, -0.05) is 30.3 Å². The number of rotatable bonds is 6. The first-order valence-electron chi connectivity index (χ1n) is 10.0. The Labute approximate surface area is 197 Å². The van der Waals surface area contributed by atoms with Crippen molar-refractivity contribution in [2.24, 2.45) is 0 Å². The van der Waals surface area contributed by atoms with Gasteiger partial charge in [0.2, 0.25) is 0 Å². The van der Waals surface area contributed by atoms with Crippen molar-refractivity contribution in [1.82, 2.24) is 4.90 Å². The molecule has 1 heterocycles. The van der Waals surface area contributed by atoms with E-state index in [0.29, 0.717) is 5.56 Å². The van der Waals surface area contributed by atoms with Crippen molar-refractivity contribution in [3.05, 3.63) is 100.0 Å². The summed E-state index contributed by atoms with van der Waals surface area (Å²) in [6.45, 7) is -0.174. The minimum atomic E-state index is -0.764. The molecule has 1 saturated heterocycles. The van der Waals surface area contributed by atoms with Gasteiger partial charge in [-0.3, -0.25) is 14.5 Å². The van der Waals surface area contributed by atoms with Gasteiger partial charge in [0.1, 0.15) is 11.6 Å². The molecule has 3 aromatic carbocycles. The number of nitrogens with zero attached hydrogens (tertiary/aromatic N) is 1. The van der Waals surface area contributed by atoms with Gasteiger partial charge < -0.3 is 9.47 Å². The predicted octanol–water partition coefficient (Wildman–Crippen LogP) is 5.43. The van der Waals surface area contributed by atoms with E-state index in [-0.39, 0.29) is 34.1 Å². The van der Waals surface area contributed by atoms with Crippen LogP contribution in [-0.4, -0.2) is 29.1 Å². The van der Waals surface area contributed by atoms with Crippen LogP contribution in [0.4, 0.5) is 13.6 Å². The van der Waals surface area contributed by atoms with E-state index in [1.807, 2.05) is 0 Å². The molecular weight excluding hydrogens is 464 g/mol. The molecule has 4 rings (SSSR count). The molecule has 0 aromatic heterocycles. The Kier molecular flexibility index (Phi) is 6.74. The molecule has 0 bridgehead atoms. The molecule has 0 radical (unpaired) electrons. The number of hydrogen-bond donors (Lipinski definition) is 0. The normalized spacial score (nSPS) is 14.6. The van der Waals surface area contributed by atoms with E-state index in [0.717, 1.165) is 22.7 Å². The fraction of sp³-hybridized carbons (Fsp3) is 0.0800. The molecular formula is C25H17F2NO5S. The van der Waals surface area contributed by atoms with E-state index < -0.39 is 28.8 Å². The van der Waals surface area contributed by atoms with Gasteiger partial charge in [0.25, 0.3) is 11.1 Å². The molecule has 2 amide bonds. The van der Waals surface area contributed by atoms with Crippen molar-refractivity contribution in [3.63, 3.8) is 0 Å². The van der Waals surface area contributed by atoms with Crippen LogP contribution in [0.5, 0.6) is 11.5 Å². The molecule has 172 valence electrons. The number of benzene rings is 3. The summed E-state index contributed by atoms with van der Waals surface area (Å²) in [5, 5.41) is -0.507. The average molecular weight is 481 g/mol. The molecule has 34 heavy (non-hydrogen) atoms. The number of esters is 1. The number of carbonyl (C=O) groups excluding carboxylic acids is 3. The fourth-order valence-corrected chi connectivity index (χ4v) is 4.06. The highest BCUT2D eigenvalue weighted by Gasteiger charge is 2.35. The molecule has 9 heteroatoms.